The van der Waals surface area contributed by atoms with Crippen LogP contribution in [-0.2, 0) is 11.2 Å². The first kappa shape index (κ1) is 18.7. The largest absolute Gasteiger partial charge is 0.355 e. The summed E-state index contributed by atoms with van der Waals surface area (Å²) in [6.45, 7) is 1.94. The molecule has 28 heavy (non-hydrogen) atoms. The molecule has 4 nitrogen and oxygen atoms in total. The van der Waals surface area contributed by atoms with E-state index in [1.165, 1.54) is 4.88 Å². The number of amides is 2. The molecule has 2 aromatic carbocycles. The Morgan fingerprint density at radius 1 is 1.00 bits per heavy atom. The van der Waals surface area contributed by atoms with Crippen LogP contribution in [0.2, 0.25) is 0 Å². The predicted octanol–water partition coefficient (Wildman–Crippen LogP) is 4.11. The maximum atomic E-state index is 13.0. The van der Waals surface area contributed by atoms with Gasteiger partial charge in [0, 0.05) is 36.0 Å². The fraction of sp³-hybridized carbons (Fsp3) is 0.304. The van der Waals surface area contributed by atoms with Gasteiger partial charge in [-0.3, -0.25) is 9.59 Å². The number of rotatable bonds is 5. The zero-order valence-electron chi connectivity index (χ0n) is 15.8. The van der Waals surface area contributed by atoms with Crippen molar-refractivity contribution in [3.05, 3.63) is 70.4 Å². The van der Waals surface area contributed by atoms with Gasteiger partial charge in [0.25, 0.3) is 5.91 Å². The number of thiophene rings is 1. The van der Waals surface area contributed by atoms with Gasteiger partial charge in [-0.05, 0) is 47.5 Å². The molecule has 5 heteroatoms. The van der Waals surface area contributed by atoms with Crippen LogP contribution in [0.4, 0.5) is 0 Å². The monoisotopic (exact) mass is 392 g/mol. The van der Waals surface area contributed by atoms with Crippen molar-refractivity contribution in [1.82, 2.24) is 10.2 Å². The van der Waals surface area contributed by atoms with E-state index in [1.54, 1.807) is 11.3 Å². The Hall–Kier alpha value is -2.66. The highest BCUT2D eigenvalue weighted by Crippen LogP contribution is 2.23. The number of fused-ring (bicyclic) bond motifs is 1. The van der Waals surface area contributed by atoms with Crippen molar-refractivity contribution in [2.75, 3.05) is 19.6 Å². The molecule has 4 rings (SSSR count). The second-order valence-electron chi connectivity index (χ2n) is 7.21. The number of hydrogen-bond acceptors (Lipinski definition) is 3. The summed E-state index contributed by atoms with van der Waals surface area (Å²) in [5.41, 5.74) is 0.747. The summed E-state index contributed by atoms with van der Waals surface area (Å²) in [4.78, 5) is 28.6. The molecule has 1 aliphatic rings. The summed E-state index contributed by atoms with van der Waals surface area (Å²) in [6.07, 6.45) is 2.32. The minimum absolute atomic E-state index is 0.0000896. The first-order valence-electron chi connectivity index (χ1n) is 9.79. The Balaban J connectivity index is 1.32. The standard InChI is InChI=1S/C23H24N2O2S/c26-22(24-13-10-19-7-4-16-28-19)18-11-14-25(15-12-18)23(27)21-9-3-6-17-5-1-2-8-20(17)21/h1-9,16,18H,10-15H2,(H,24,26). The van der Waals surface area contributed by atoms with E-state index in [1.807, 2.05) is 53.4 Å². The lowest BCUT2D eigenvalue weighted by Gasteiger charge is -2.31. The molecule has 0 spiro atoms. The second kappa shape index (κ2) is 8.57. The molecule has 0 aliphatic carbocycles. The third-order valence-corrected chi connectivity index (χ3v) is 6.36. The molecule has 0 unspecified atom stereocenters. The van der Waals surface area contributed by atoms with Gasteiger partial charge in [0.1, 0.15) is 0 Å². The van der Waals surface area contributed by atoms with Crippen molar-refractivity contribution in [3.8, 4) is 0 Å². The fourth-order valence-electron chi connectivity index (χ4n) is 3.84. The quantitative estimate of drug-likeness (QED) is 0.710. The second-order valence-corrected chi connectivity index (χ2v) is 8.25. The third kappa shape index (κ3) is 4.09. The molecule has 1 aromatic heterocycles. The number of hydrogen-bond donors (Lipinski definition) is 1. The third-order valence-electron chi connectivity index (χ3n) is 5.42. The lowest BCUT2D eigenvalue weighted by Crippen LogP contribution is -2.43. The normalized spacial score (nSPS) is 14.9. The van der Waals surface area contributed by atoms with Gasteiger partial charge in [-0.2, -0.15) is 0 Å². The summed E-state index contributed by atoms with van der Waals surface area (Å²) in [5.74, 6) is 0.182. The SMILES string of the molecule is O=C(NCCc1cccs1)C1CCN(C(=O)c2cccc3ccccc23)CC1. The van der Waals surface area contributed by atoms with Crippen molar-refractivity contribution in [2.45, 2.75) is 19.3 Å². The molecular formula is C23H24N2O2S. The van der Waals surface area contributed by atoms with Crippen LogP contribution in [0.15, 0.2) is 60.0 Å². The van der Waals surface area contributed by atoms with Crippen molar-refractivity contribution < 1.29 is 9.59 Å². The first-order valence-corrected chi connectivity index (χ1v) is 10.7. The number of carbonyl (C=O) groups is 2. The number of likely N-dealkylation sites (tertiary alicyclic amines) is 1. The van der Waals surface area contributed by atoms with Gasteiger partial charge in [0.05, 0.1) is 0 Å². The average molecular weight is 393 g/mol. The van der Waals surface area contributed by atoms with Crippen LogP contribution in [0.3, 0.4) is 0 Å². The van der Waals surface area contributed by atoms with Gasteiger partial charge in [0.15, 0.2) is 0 Å². The minimum atomic E-state index is -0.0000896. The van der Waals surface area contributed by atoms with Gasteiger partial charge in [-0.15, -0.1) is 11.3 Å². The molecule has 0 bridgehead atoms. The zero-order valence-corrected chi connectivity index (χ0v) is 16.6. The summed E-state index contributed by atoms with van der Waals surface area (Å²) in [6, 6.07) is 18.0. The number of nitrogens with one attached hydrogen (secondary N) is 1. The van der Waals surface area contributed by atoms with Crippen LogP contribution in [0.25, 0.3) is 10.8 Å². The molecule has 1 N–H and O–H groups in total. The van der Waals surface area contributed by atoms with Gasteiger partial charge in [-0.1, -0.05) is 42.5 Å². The Morgan fingerprint density at radius 2 is 1.79 bits per heavy atom. The van der Waals surface area contributed by atoms with E-state index in [2.05, 4.69) is 16.8 Å². The van der Waals surface area contributed by atoms with Gasteiger partial charge >= 0.3 is 0 Å². The lowest BCUT2D eigenvalue weighted by molar-refractivity contribution is -0.126. The van der Waals surface area contributed by atoms with Crippen LogP contribution < -0.4 is 5.32 Å². The number of benzene rings is 2. The highest BCUT2D eigenvalue weighted by atomic mass is 32.1. The first-order chi connectivity index (χ1) is 13.7. The fourth-order valence-corrected chi connectivity index (χ4v) is 4.54. The maximum Gasteiger partial charge on any atom is 0.254 e. The zero-order chi connectivity index (χ0) is 19.3. The average Bonchev–Trinajstić information content (AvgIpc) is 3.26. The van der Waals surface area contributed by atoms with Crippen molar-refractivity contribution in [1.29, 1.82) is 0 Å². The molecule has 2 heterocycles. The number of piperidine rings is 1. The molecule has 3 aromatic rings. The van der Waals surface area contributed by atoms with Gasteiger partial charge in [0.2, 0.25) is 5.91 Å². The van der Waals surface area contributed by atoms with E-state index in [4.69, 9.17) is 0 Å². The van der Waals surface area contributed by atoms with E-state index in [-0.39, 0.29) is 17.7 Å². The summed E-state index contributed by atoms with van der Waals surface area (Å²) in [5, 5.41) is 7.18. The van der Waals surface area contributed by atoms with Gasteiger partial charge in [-0.25, -0.2) is 0 Å². The summed E-state index contributed by atoms with van der Waals surface area (Å²) >= 11 is 1.72. The molecule has 144 valence electrons. The van der Waals surface area contributed by atoms with Crippen LogP contribution in [-0.4, -0.2) is 36.3 Å². The van der Waals surface area contributed by atoms with E-state index in [9.17, 15) is 9.59 Å². The topological polar surface area (TPSA) is 49.4 Å². The molecule has 2 amide bonds. The lowest BCUT2D eigenvalue weighted by atomic mass is 9.94. The van der Waals surface area contributed by atoms with E-state index >= 15 is 0 Å². The molecule has 1 saturated heterocycles. The van der Waals surface area contributed by atoms with E-state index in [0.29, 0.717) is 19.6 Å². The Kier molecular flexibility index (Phi) is 5.72. The molecular weight excluding hydrogens is 368 g/mol. The Morgan fingerprint density at radius 3 is 2.57 bits per heavy atom. The smallest absolute Gasteiger partial charge is 0.254 e. The number of nitrogens with zero attached hydrogens (tertiary/aromatic N) is 1. The molecule has 0 atom stereocenters. The molecule has 1 fully saturated rings. The highest BCUT2D eigenvalue weighted by Gasteiger charge is 2.28. The van der Waals surface area contributed by atoms with Crippen LogP contribution in [0.1, 0.15) is 28.1 Å². The van der Waals surface area contributed by atoms with Crippen LogP contribution in [0, 0.1) is 5.92 Å². The van der Waals surface area contributed by atoms with Crippen molar-refractivity contribution in [2.24, 2.45) is 5.92 Å². The molecule has 0 saturated carbocycles. The summed E-state index contributed by atoms with van der Waals surface area (Å²) in [7, 11) is 0. The van der Waals surface area contributed by atoms with Crippen molar-refractivity contribution in [3.63, 3.8) is 0 Å². The van der Waals surface area contributed by atoms with Crippen LogP contribution >= 0.6 is 11.3 Å². The van der Waals surface area contributed by atoms with Crippen LogP contribution in [0.5, 0.6) is 0 Å². The van der Waals surface area contributed by atoms with E-state index in [0.717, 1.165) is 35.6 Å². The summed E-state index contributed by atoms with van der Waals surface area (Å²) < 4.78 is 0. The predicted molar refractivity (Wildman–Crippen MR) is 114 cm³/mol. The van der Waals surface area contributed by atoms with E-state index < -0.39 is 0 Å². The Bertz CT molecular complexity index is 954. The molecule has 1 aliphatic heterocycles. The number of carbonyl (C=O) groups excluding carboxylic acids is 2. The maximum absolute atomic E-state index is 13.0. The highest BCUT2D eigenvalue weighted by molar-refractivity contribution is 7.09. The molecule has 0 radical (unpaired) electrons. The Labute approximate surface area is 169 Å². The van der Waals surface area contributed by atoms with Gasteiger partial charge < -0.3 is 10.2 Å². The minimum Gasteiger partial charge on any atom is -0.355 e. The van der Waals surface area contributed by atoms with Crippen molar-refractivity contribution >= 4 is 33.9 Å².